The first-order valence-corrected chi connectivity index (χ1v) is 6.23. The highest BCUT2D eigenvalue weighted by molar-refractivity contribution is 6.33. The van der Waals surface area contributed by atoms with E-state index in [2.05, 4.69) is 20.0 Å². The Morgan fingerprint density at radius 3 is 2.53 bits per heavy atom. The Kier molecular flexibility index (Phi) is 4.39. The lowest BCUT2D eigenvalue weighted by molar-refractivity contribution is 0.189. The van der Waals surface area contributed by atoms with Crippen LogP contribution in [0.1, 0.15) is 0 Å². The van der Waals surface area contributed by atoms with Gasteiger partial charge in [-0.05, 0) is 0 Å². The highest BCUT2D eigenvalue weighted by Gasteiger charge is 2.19. The summed E-state index contributed by atoms with van der Waals surface area (Å²) in [6.45, 7) is 4.41. The minimum Gasteiger partial charge on any atom is -0.395 e. The number of hydrogen-bond donors (Lipinski definition) is 1. The van der Waals surface area contributed by atoms with E-state index in [9.17, 15) is 0 Å². The molecule has 0 saturated carbocycles. The number of rotatable bonds is 3. The minimum atomic E-state index is 0.198. The topological polar surface area (TPSA) is 52.5 Å². The molecular formula is C10H14Cl2N4O. The van der Waals surface area contributed by atoms with Gasteiger partial charge in [-0.1, -0.05) is 23.2 Å². The molecule has 0 spiro atoms. The molecule has 0 atom stereocenters. The zero-order valence-corrected chi connectivity index (χ0v) is 10.8. The van der Waals surface area contributed by atoms with Crippen molar-refractivity contribution in [1.29, 1.82) is 0 Å². The van der Waals surface area contributed by atoms with Gasteiger partial charge < -0.3 is 10.0 Å². The van der Waals surface area contributed by atoms with E-state index in [0.29, 0.717) is 10.3 Å². The van der Waals surface area contributed by atoms with Gasteiger partial charge >= 0.3 is 0 Å². The third-order valence-corrected chi connectivity index (χ3v) is 3.28. The van der Waals surface area contributed by atoms with Crippen LogP contribution in [0.5, 0.6) is 0 Å². The Hall–Kier alpha value is -0.620. The number of piperazine rings is 1. The summed E-state index contributed by atoms with van der Waals surface area (Å²) in [5.74, 6) is 0. The first-order chi connectivity index (χ1) is 8.20. The third-order valence-electron chi connectivity index (χ3n) is 2.83. The number of aliphatic hydroxyl groups excluding tert-OH is 1. The lowest BCUT2D eigenvalue weighted by Gasteiger charge is -2.35. The maximum absolute atomic E-state index is 8.87. The minimum absolute atomic E-state index is 0.198. The molecule has 17 heavy (non-hydrogen) atoms. The molecule has 0 amide bonds. The van der Waals surface area contributed by atoms with E-state index in [4.69, 9.17) is 28.3 Å². The van der Waals surface area contributed by atoms with Crippen molar-refractivity contribution >= 4 is 28.9 Å². The Morgan fingerprint density at radius 2 is 1.88 bits per heavy atom. The fourth-order valence-electron chi connectivity index (χ4n) is 1.92. The number of aliphatic hydroxyl groups is 1. The van der Waals surface area contributed by atoms with E-state index in [-0.39, 0.29) is 6.61 Å². The van der Waals surface area contributed by atoms with Crippen LogP contribution in [-0.2, 0) is 0 Å². The van der Waals surface area contributed by atoms with Gasteiger partial charge in [0.15, 0.2) is 10.3 Å². The van der Waals surface area contributed by atoms with Crippen LogP contribution in [0.4, 0.5) is 5.69 Å². The molecule has 7 heteroatoms. The number of β-amino-alcohol motifs (C(OH)–C–C–N with tert-alkyl or cyclic N) is 1. The van der Waals surface area contributed by atoms with Gasteiger partial charge in [0.25, 0.3) is 0 Å². The van der Waals surface area contributed by atoms with Gasteiger partial charge in [0.05, 0.1) is 12.3 Å². The second kappa shape index (κ2) is 5.82. The summed E-state index contributed by atoms with van der Waals surface area (Å²) in [6, 6.07) is 1.73. The van der Waals surface area contributed by atoms with Gasteiger partial charge in [0.1, 0.15) is 0 Å². The second-order valence-corrected chi connectivity index (χ2v) is 4.64. The average molecular weight is 277 g/mol. The van der Waals surface area contributed by atoms with E-state index < -0.39 is 0 Å². The Labute approximate surface area is 110 Å². The molecule has 0 aliphatic carbocycles. The van der Waals surface area contributed by atoms with Gasteiger partial charge in [-0.3, -0.25) is 4.90 Å². The second-order valence-electron chi connectivity index (χ2n) is 3.90. The largest absolute Gasteiger partial charge is 0.395 e. The highest BCUT2D eigenvalue weighted by Crippen LogP contribution is 2.26. The van der Waals surface area contributed by atoms with Gasteiger partial charge in [0.2, 0.25) is 0 Å². The van der Waals surface area contributed by atoms with E-state index in [0.717, 1.165) is 38.4 Å². The van der Waals surface area contributed by atoms with Crippen molar-refractivity contribution in [3.05, 3.63) is 16.4 Å². The summed E-state index contributed by atoms with van der Waals surface area (Å²) >= 11 is 11.8. The molecule has 94 valence electrons. The molecular weight excluding hydrogens is 263 g/mol. The molecule has 0 unspecified atom stereocenters. The Morgan fingerprint density at radius 1 is 1.18 bits per heavy atom. The Bertz CT molecular complexity index is 383. The van der Waals surface area contributed by atoms with E-state index in [1.54, 1.807) is 6.07 Å². The standard InChI is InChI=1S/C10H14Cl2N4O/c11-9-7-8(10(12)14-13-9)16-3-1-15(2-4-16)5-6-17/h7,17H,1-6H2. The lowest BCUT2D eigenvalue weighted by atomic mass is 10.3. The Balaban J connectivity index is 2.02. The van der Waals surface area contributed by atoms with Crippen molar-refractivity contribution in [1.82, 2.24) is 15.1 Å². The van der Waals surface area contributed by atoms with Crippen molar-refractivity contribution in [2.45, 2.75) is 0 Å². The number of aromatic nitrogens is 2. The van der Waals surface area contributed by atoms with Crippen LogP contribution in [-0.4, -0.2) is 59.5 Å². The summed E-state index contributed by atoms with van der Waals surface area (Å²) in [5.41, 5.74) is 0.829. The fraction of sp³-hybridized carbons (Fsp3) is 0.600. The van der Waals surface area contributed by atoms with Crippen LogP contribution in [0.2, 0.25) is 10.3 Å². The van der Waals surface area contributed by atoms with Crippen LogP contribution in [0.3, 0.4) is 0 Å². The van der Waals surface area contributed by atoms with Gasteiger partial charge in [-0.15, -0.1) is 10.2 Å². The number of hydrogen-bond acceptors (Lipinski definition) is 5. The zero-order valence-electron chi connectivity index (χ0n) is 9.31. The molecule has 2 rings (SSSR count). The molecule has 0 aromatic carbocycles. The van der Waals surface area contributed by atoms with Crippen LogP contribution in [0.25, 0.3) is 0 Å². The summed E-state index contributed by atoms with van der Waals surface area (Å²) in [5, 5.41) is 17.1. The van der Waals surface area contributed by atoms with Crippen LogP contribution < -0.4 is 4.90 Å². The normalized spacial score (nSPS) is 17.5. The highest BCUT2D eigenvalue weighted by atomic mass is 35.5. The number of halogens is 2. The summed E-state index contributed by atoms with van der Waals surface area (Å²) in [4.78, 5) is 4.34. The predicted octanol–water partition coefficient (Wildman–Crippen LogP) is 0.898. The van der Waals surface area contributed by atoms with Crippen molar-refractivity contribution in [3.63, 3.8) is 0 Å². The lowest BCUT2D eigenvalue weighted by Crippen LogP contribution is -2.47. The summed E-state index contributed by atoms with van der Waals surface area (Å²) < 4.78 is 0. The molecule has 5 nitrogen and oxygen atoms in total. The molecule has 1 saturated heterocycles. The zero-order chi connectivity index (χ0) is 12.3. The summed E-state index contributed by atoms with van der Waals surface area (Å²) in [6.07, 6.45) is 0. The molecule has 1 fully saturated rings. The smallest absolute Gasteiger partial charge is 0.175 e. The maximum Gasteiger partial charge on any atom is 0.175 e. The first kappa shape index (κ1) is 12.8. The number of anilines is 1. The van der Waals surface area contributed by atoms with E-state index >= 15 is 0 Å². The molecule has 1 aromatic heterocycles. The quantitative estimate of drug-likeness (QED) is 0.889. The number of nitrogens with zero attached hydrogens (tertiary/aromatic N) is 4. The molecule has 2 heterocycles. The molecule has 1 aliphatic rings. The van der Waals surface area contributed by atoms with E-state index in [1.165, 1.54) is 0 Å². The first-order valence-electron chi connectivity index (χ1n) is 5.47. The fourth-order valence-corrected chi connectivity index (χ4v) is 2.27. The van der Waals surface area contributed by atoms with Crippen molar-refractivity contribution in [2.24, 2.45) is 0 Å². The predicted molar refractivity (Wildman–Crippen MR) is 67.8 cm³/mol. The van der Waals surface area contributed by atoms with Crippen LogP contribution in [0, 0.1) is 0 Å². The van der Waals surface area contributed by atoms with Gasteiger partial charge in [-0.2, -0.15) is 0 Å². The molecule has 0 bridgehead atoms. The summed E-state index contributed by atoms with van der Waals surface area (Å²) in [7, 11) is 0. The van der Waals surface area contributed by atoms with Crippen LogP contribution >= 0.6 is 23.2 Å². The van der Waals surface area contributed by atoms with Crippen LogP contribution in [0.15, 0.2) is 6.07 Å². The maximum atomic E-state index is 8.87. The third kappa shape index (κ3) is 3.19. The van der Waals surface area contributed by atoms with Crippen molar-refractivity contribution in [2.75, 3.05) is 44.2 Å². The van der Waals surface area contributed by atoms with Gasteiger partial charge in [-0.25, -0.2) is 0 Å². The van der Waals surface area contributed by atoms with Crippen molar-refractivity contribution in [3.8, 4) is 0 Å². The van der Waals surface area contributed by atoms with E-state index in [1.807, 2.05) is 0 Å². The van der Waals surface area contributed by atoms with Crippen molar-refractivity contribution < 1.29 is 5.11 Å². The SMILES string of the molecule is OCCN1CCN(c2cc(Cl)nnc2Cl)CC1. The molecule has 1 aromatic rings. The van der Waals surface area contributed by atoms with Gasteiger partial charge in [0, 0.05) is 38.8 Å². The molecule has 0 radical (unpaired) electrons. The average Bonchev–Trinajstić information content (AvgIpc) is 2.34. The monoisotopic (exact) mass is 276 g/mol. The molecule has 1 N–H and O–H groups in total. The molecule has 1 aliphatic heterocycles.